The van der Waals surface area contributed by atoms with Crippen LogP contribution < -0.4 is 4.72 Å². The zero-order chi connectivity index (χ0) is 14.1. The van der Waals surface area contributed by atoms with Gasteiger partial charge >= 0.3 is 0 Å². The minimum absolute atomic E-state index is 0.133. The third-order valence-electron chi connectivity index (χ3n) is 2.00. The molecule has 0 heterocycles. The second kappa shape index (κ2) is 8.42. The predicted molar refractivity (Wildman–Crippen MR) is 75.6 cm³/mol. The van der Waals surface area contributed by atoms with E-state index in [1.807, 2.05) is 36.4 Å². The number of hydrogen-bond acceptors (Lipinski definition) is 3. The Morgan fingerprint density at radius 3 is 1.89 bits per heavy atom. The van der Waals surface area contributed by atoms with Gasteiger partial charge in [-0.25, -0.2) is 0 Å². The second-order valence-electron chi connectivity index (χ2n) is 3.31. The lowest BCUT2D eigenvalue weighted by atomic mass is 10.2. The molecule has 0 aliphatic heterocycles. The van der Waals surface area contributed by atoms with Crippen LogP contribution in [0.15, 0.2) is 60.7 Å². The van der Waals surface area contributed by atoms with E-state index in [0.717, 1.165) is 0 Å². The van der Waals surface area contributed by atoms with Crippen molar-refractivity contribution in [2.24, 2.45) is 0 Å². The molecule has 100 valence electrons. The molecule has 1 N–H and O–H groups in total. The number of benzene rings is 2. The third kappa shape index (κ3) is 6.15. The van der Waals surface area contributed by atoms with Gasteiger partial charge in [-0.15, -0.1) is 0 Å². The standard InChI is InChI=1S/C7H6ClNO3S.C6H6/c8-7(10)5-3-1-2-4-6(5)9-13(11)12;1-2-4-6-5-3-1/h1-4,9H,(H,11,12);1-6H/p-1. The fourth-order valence-corrected chi connectivity index (χ4v) is 1.74. The van der Waals surface area contributed by atoms with Crippen molar-refractivity contribution < 1.29 is 13.6 Å². The van der Waals surface area contributed by atoms with Crippen LogP contribution in [0.4, 0.5) is 5.69 Å². The molecule has 0 aromatic heterocycles. The molecule has 19 heavy (non-hydrogen) atoms. The molecule has 4 nitrogen and oxygen atoms in total. The fraction of sp³-hybridized carbons (Fsp3) is 0. The molecule has 0 spiro atoms. The van der Waals surface area contributed by atoms with Gasteiger partial charge in [-0.2, -0.15) is 0 Å². The SMILES string of the molecule is O=C(Cl)c1ccccc1NS(=O)[O-].c1ccccc1. The molecular weight excluding hydrogens is 286 g/mol. The summed E-state index contributed by atoms with van der Waals surface area (Å²) in [5, 5.41) is -0.700. The highest BCUT2D eigenvalue weighted by Gasteiger charge is 2.06. The Hall–Kier alpha value is -1.69. The first-order chi connectivity index (χ1) is 9.11. The lowest BCUT2D eigenvalue weighted by Gasteiger charge is -2.10. The van der Waals surface area contributed by atoms with Crippen molar-refractivity contribution in [3.8, 4) is 0 Å². The Bertz CT molecular complexity index is 522. The van der Waals surface area contributed by atoms with Gasteiger partial charge in [-0.3, -0.25) is 9.00 Å². The number of para-hydroxylation sites is 1. The van der Waals surface area contributed by atoms with Gasteiger partial charge in [0.05, 0.1) is 11.3 Å². The lowest BCUT2D eigenvalue weighted by Crippen LogP contribution is -2.06. The van der Waals surface area contributed by atoms with Crippen molar-refractivity contribution in [1.29, 1.82) is 0 Å². The van der Waals surface area contributed by atoms with Gasteiger partial charge in [0.15, 0.2) is 0 Å². The van der Waals surface area contributed by atoms with Gasteiger partial charge in [0.25, 0.3) is 5.24 Å². The molecule has 0 amide bonds. The Balaban J connectivity index is 0.000000250. The summed E-state index contributed by atoms with van der Waals surface area (Å²) in [6, 6.07) is 18.1. The first-order valence-corrected chi connectivity index (χ1v) is 6.71. The van der Waals surface area contributed by atoms with Gasteiger partial charge in [0.1, 0.15) is 0 Å². The summed E-state index contributed by atoms with van der Waals surface area (Å²) in [5.41, 5.74) is 0.309. The number of carbonyl (C=O) groups is 1. The van der Waals surface area contributed by atoms with Crippen molar-refractivity contribution >= 4 is 33.8 Å². The molecule has 2 aromatic rings. The smallest absolute Gasteiger partial charge is 0.254 e. The zero-order valence-corrected chi connectivity index (χ0v) is 11.4. The van der Waals surface area contributed by atoms with E-state index in [1.165, 1.54) is 12.1 Å². The Morgan fingerprint density at radius 1 is 1.00 bits per heavy atom. The third-order valence-corrected chi connectivity index (χ3v) is 2.59. The number of hydrogen-bond donors (Lipinski definition) is 1. The average Bonchev–Trinajstić information content (AvgIpc) is 2.41. The number of halogens is 1. The summed E-state index contributed by atoms with van der Waals surface area (Å²) in [6.07, 6.45) is 0. The minimum atomic E-state index is -2.45. The molecule has 2 aromatic carbocycles. The highest BCUT2D eigenvalue weighted by Crippen LogP contribution is 2.17. The number of nitrogens with one attached hydrogen (secondary N) is 1. The quantitative estimate of drug-likeness (QED) is 0.699. The van der Waals surface area contributed by atoms with Crippen molar-refractivity contribution in [2.75, 3.05) is 4.72 Å². The molecule has 2 rings (SSSR count). The highest BCUT2D eigenvalue weighted by atomic mass is 35.5. The molecular formula is C13H11ClNO3S-. The largest absolute Gasteiger partial charge is 0.755 e. The van der Waals surface area contributed by atoms with Crippen LogP contribution in [0.3, 0.4) is 0 Å². The molecule has 6 heteroatoms. The minimum Gasteiger partial charge on any atom is -0.755 e. The summed E-state index contributed by atoms with van der Waals surface area (Å²) in [5.74, 6) is 0. The van der Waals surface area contributed by atoms with Crippen LogP contribution in [0, 0.1) is 0 Å². The maximum atomic E-state index is 10.8. The van der Waals surface area contributed by atoms with E-state index in [0.29, 0.717) is 0 Å². The Kier molecular flexibility index (Phi) is 6.81. The molecule has 0 bridgehead atoms. The van der Waals surface area contributed by atoms with E-state index < -0.39 is 16.5 Å². The van der Waals surface area contributed by atoms with E-state index in [-0.39, 0.29) is 11.3 Å². The molecule has 1 atom stereocenters. The summed E-state index contributed by atoms with van der Waals surface area (Å²) in [6.45, 7) is 0. The number of rotatable bonds is 3. The summed E-state index contributed by atoms with van der Waals surface area (Å²) >= 11 is 2.76. The second-order valence-corrected chi connectivity index (χ2v) is 4.33. The van der Waals surface area contributed by atoms with Crippen LogP contribution in [0.25, 0.3) is 0 Å². The topological polar surface area (TPSA) is 69.2 Å². The molecule has 0 aliphatic rings. The van der Waals surface area contributed by atoms with E-state index in [1.54, 1.807) is 12.1 Å². The van der Waals surface area contributed by atoms with Crippen LogP contribution >= 0.6 is 11.6 Å². The van der Waals surface area contributed by atoms with Gasteiger partial charge in [-0.1, -0.05) is 48.5 Å². The van der Waals surface area contributed by atoms with Crippen molar-refractivity contribution in [1.82, 2.24) is 0 Å². The molecule has 0 saturated carbocycles. The Labute approximate surface area is 118 Å². The van der Waals surface area contributed by atoms with Crippen LogP contribution in [-0.4, -0.2) is 14.0 Å². The van der Waals surface area contributed by atoms with Gasteiger partial charge in [0, 0.05) is 11.3 Å². The fourth-order valence-electron chi connectivity index (χ4n) is 1.22. The van der Waals surface area contributed by atoms with Crippen molar-refractivity contribution in [3.05, 3.63) is 66.2 Å². The monoisotopic (exact) mass is 296 g/mol. The molecule has 1 unspecified atom stereocenters. The molecule has 0 fully saturated rings. The van der Waals surface area contributed by atoms with Crippen LogP contribution in [0.5, 0.6) is 0 Å². The normalized spacial score (nSPS) is 10.8. The van der Waals surface area contributed by atoms with Gasteiger partial charge in [-0.05, 0) is 23.7 Å². The van der Waals surface area contributed by atoms with Gasteiger partial charge < -0.3 is 9.27 Å². The highest BCUT2D eigenvalue weighted by molar-refractivity contribution is 7.80. The first-order valence-electron chi connectivity index (χ1n) is 5.26. The maximum Gasteiger partial charge on any atom is 0.254 e. The molecule has 0 saturated heterocycles. The summed E-state index contributed by atoms with van der Waals surface area (Å²) in [4.78, 5) is 10.8. The average molecular weight is 297 g/mol. The summed E-state index contributed by atoms with van der Waals surface area (Å²) < 4.78 is 22.6. The number of anilines is 1. The molecule has 0 aliphatic carbocycles. The van der Waals surface area contributed by atoms with E-state index in [4.69, 9.17) is 11.6 Å². The maximum absolute atomic E-state index is 10.8. The summed E-state index contributed by atoms with van der Waals surface area (Å²) in [7, 11) is 0. The van der Waals surface area contributed by atoms with Crippen molar-refractivity contribution in [3.63, 3.8) is 0 Å². The zero-order valence-electron chi connectivity index (χ0n) is 9.78. The molecule has 0 radical (unpaired) electrons. The first kappa shape index (κ1) is 15.4. The van der Waals surface area contributed by atoms with Crippen molar-refractivity contribution in [2.45, 2.75) is 0 Å². The predicted octanol–water partition coefficient (Wildman–Crippen LogP) is 2.96. The van der Waals surface area contributed by atoms with E-state index in [9.17, 15) is 13.6 Å². The van der Waals surface area contributed by atoms with Crippen LogP contribution in [0.2, 0.25) is 0 Å². The van der Waals surface area contributed by atoms with Crippen LogP contribution in [0.1, 0.15) is 10.4 Å². The Morgan fingerprint density at radius 2 is 1.47 bits per heavy atom. The lowest BCUT2D eigenvalue weighted by molar-refractivity contribution is 0.108. The number of carbonyl (C=O) groups excluding carboxylic acids is 1. The van der Waals surface area contributed by atoms with E-state index >= 15 is 0 Å². The van der Waals surface area contributed by atoms with Gasteiger partial charge in [0.2, 0.25) is 0 Å². The van der Waals surface area contributed by atoms with E-state index in [2.05, 4.69) is 4.72 Å². The van der Waals surface area contributed by atoms with Crippen LogP contribution in [-0.2, 0) is 11.3 Å².